The Morgan fingerprint density at radius 3 is 2.56 bits per heavy atom. The van der Waals surface area contributed by atoms with Crippen molar-refractivity contribution < 1.29 is 0 Å². The Labute approximate surface area is 111 Å². The maximum atomic E-state index is 4.68. The van der Waals surface area contributed by atoms with Crippen molar-refractivity contribution in [3.63, 3.8) is 0 Å². The van der Waals surface area contributed by atoms with Gasteiger partial charge in [-0.15, -0.1) is 0 Å². The summed E-state index contributed by atoms with van der Waals surface area (Å²) in [7, 11) is 1.97. The van der Waals surface area contributed by atoms with E-state index in [1.165, 1.54) is 23.4 Å². The van der Waals surface area contributed by atoms with E-state index in [2.05, 4.69) is 42.0 Å². The molecule has 3 nitrogen and oxygen atoms in total. The van der Waals surface area contributed by atoms with E-state index < -0.39 is 0 Å². The van der Waals surface area contributed by atoms with Crippen LogP contribution in [0.5, 0.6) is 0 Å². The van der Waals surface area contributed by atoms with Gasteiger partial charge in [0.1, 0.15) is 5.82 Å². The molecule has 2 atom stereocenters. The lowest BCUT2D eigenvalue weighted by molar-refractivity contribution is 0.355. The second-order valence-electron chi connectivity index (χ2n) is 5.87. The van der Waals surface area contributed by atoms with Crippen LogP contribution >= 0.6 is 0 Å². The highest BCUT2D eigenvalue weighted by molar-refractivity contribution is 5.47. The average molecular weight is 247 g/mol. The average Bonchev–Trinajstić information content (AvgIpc) is 2.28. The third-order valence-electron chi connectivity index (χ3n) is 3.66. The first-order valence-corrected chi connectivity index (χ1v) is 6.95. The van der Waals surface area contributed by atoms with Crippen molar-refractivity contribution >= 4 is 5.82 Å². The molecule has 0 aliphatic carbocycles. The molecule has 1 aromatic heterocycles. The quantitative estimate of drug-likeness (QED) is 0.890. The van der Waals surface area contributed by atoms with Crippen LogP contribution in [0, 0.1) is 18.8 Å². The topological polar surface area (TPSA) is 28.2 Å². The molecule has 1 aliphatic rings. The van der Waals surface area contributed by atoms with E-state index in [0.717, 1.165) is 31.5 Å². The number of piperidine rings is 1. The van der Waals surface area contributed by atoms with Crippen molar-refractivity contribution in [2.24, 2.45) is 11.8 Å². The summed E-state index contributed by atoms with van der Waals surface area (Å²) in [4.78, 5) is 7.13. The zero-order valence-electron chi connectivity index (χ0n) is 12.0. The molecule has 100 valence electrons. The van der Waals surface area contributed by atoms with Gasteiger partial charge in [-0.25, -0.2) is 4.98 Å². The van der Waals surface area contributed by atoms with Crippen LogP contribution in [0.1, 0.15) is 31.4 Å². The second-order valence-corrected chi connectivity index (χ2v) is 5.87. The summed E-state index contributed by atoms with van der Waals surface area (Å²) >= 11 is 0. The van der Waals surface area contributed by atoms with Gasteiger partial charge in [0.15, 0.2) is 0 Å². The number of anilines is 1. The van der Waals surface area contributed by atoms with Crippen molar-refractivity contribution in [1.29, 1.82) is 0 Å². The van der Waals surface area contributed by atoms with E-state index >= 15 is 0 Å². The molecule has 0 amide bonds. The molecule has 1 aliphatic heterocycles. The van der Waals surface area contributed by atoms with Gasteiger partial charge in [-0.3, -0.25) is 0 Å². The Bertz CT molecular complexity index is 393. The van der Waals surface area contributed by atoms with E-state index in [1.54, 1.807) is 0 Å². The fraction of sp³-hybridized carbons (Fsp3) is 0.667. The lowest BCUT2D eigenvalue weighted by Gasteiger charge is -2.36. The van der Waals surface area contributed by atoms with Gasteiger partial charge in [-0.1, -0.05) is 13.8 Å². The molecule has 2 heterocycles. The van der Waals surface area contributed by atoms with Crippen LogP contribution in [0.4, 0.5) is 5.82 Å². The van der Waals surface area contributed by atoms with Gasteiger partial charge in [0.05, 0.1) is 0 Å². The Morgan fingerprint density at radius 2 is 2.00 bits per heavy atom. The fourth-order valence-corrected chi connectivity index (χ4v) is 3.09. The first-order valence-electron chi connectivity index (χ1n) is 6.95. The fourth-order valence-electron chi connectivity index (χ4n) is 3.09. The molecule has 2 unspecified atom stereocenters. The Balaban J connectivity index is 2.17. The van der Waals surface area contributed by atoms with Gasteiger partial charge >= 0.3 is 0 Å². The first kappa shape index (κ1) is 13.3. The highest BCUT2D eigenvalue weighted by atomic mass is 15.2. The summed E-state index contributed by atoms with van der Waals surface area (Å²) < 4.78 is 0. The third kappa shape index (κ3) is 3.02. The zero-order chi connectivity index (χ0) is 13.1. The normalized spacial score (nSPS) is 24.3. The van der Waals surface area contributed by atoms with Crippen LogP contribution in [-0.2, 0) is 6.54 Å². The molecule has 0 bridgehead atoms. The van der Waals surface area contributed by atoms with Crippen molar-refractivity contribution in [3.8, 4) is 0 Å². The van der Waals surface area contributed by atoms with Crippen LogP contribution < -0.4 is 10.2 Å². The predicted molar refractivity (Wildman–Crippen MR) is 76.9 cm³/mol. The Kier molecular flexibility index (Phi) is 4.23. The number of hydrogen-bond acceptors (Lipinski definition) is 3. The number of nitrogens with zero attached hydrogens (tertiary/aromatic N) is 2. The molecule has 2 rings (SSSR count). The highest BCUT2D eigenvalue weighted by Gasteiger charge is 2.23. The Hall–Kier alpha value is -1.09. The molecule has 0 aromatic carbocycles. The molecule has 18 heavy (non-hydrogen) atoms. The largest absolute Gasteiger partial charge is 0.356 e. The second kappa shape index (κ2) is 5.70. The number of hydrogen-bond donors (Lipinski definition) is 1. The summed E-state index contributed by atoms with van der Waals surface area (Å²) in [5.74, 6) is 2.71. The van der Waals surface area contributed by atoms with E-state index in [0.29, 0.717) is 0 Å². The predicted octanol–water partition coefficient (Wildman–Crippen LogP) is 2.59. The van der Waals surface area contributed by atoms with E-state index in [-0.39, 0.29) is 0 Å². The van der Waals surface area contributed by atoms with Gasteiger partial charge in [0.2, 0.25) is 0 Å². The van der Waals surface area contributed by atoms with E-state index in [9.17, 15) is 0 Å². The van der Waals surface area contributed by atoms with Crippen LogP contribution in [-0.4, -0.2) is 25.1 Å². The van der Waals surface area contributed by atoms with Gasteiger partial charge in [0.25, 0.3) is 0 Å². The monoisotopic (exact) mass is 247 g/mol. The number of aromatic nitrogens is 1. The standard InChI is InChI=1S/C15H25N3/c1-11-5-12(2)10-18(9-11)15-13(3)6-14(7-16-4)8-17-15/h6,8,11-12,16H,5,7,9-10H2,1-4H3. The Morgan fingerprint density at radius 1 is 1.33 bits per heavy atom. The van der Waals surface area contributed by atoms with Crippen LogP contribution in [0.15, 0.2) is 12.3 Å². The molecule has 1 N–H and O–H groups in total. The third-order valence-corrected chi connectivity index (χ3v) is 3.66. The van der Waals surface area contributed by atoms with Crippen molar-refractivity contribution in [3.05, 3.63) is 23.4 Å². The van der Waals surface area contributed by atoms with Gasteiger partial charge in [0, 0.05) is 25.8 Å². The first-order chi connectivity index (χ1) is 8.60. The SMILES string of the molecule is CNCc1cnc(N2CC(C)CC(C)C2)c(C)c1. The van der Waals surface area contributed by atoms with Gasteiger partial charge < -0.3 is 10.2 Å². The minimum Gasteiger partial charge on any atom is -0.356 e. The molecule has 0 radical (unpaired) electrons. The summed E-state index contributed by atoms with van der Waals surface area (Å²) in [6, 6.07) is 2.25. The molecular formula is C15H25N3. The molecule has 0 spiro atoms. The van der Waals surface area contributed by atoms with Gasteiger partial charge in [-0.05, 0) is 49.4 Å². The molecule has 1 aromatic rings. The van der Waals surface area contributed by atoms with Crippen LogP contribution in [0.3, 0.4) is 0 Å². The summed E-state index contributed by atoms with van der Waals surface area (Å²) in [5, 5.41) is 3.17. The van der Waals surface area contributed by atoms with E-state index in [1.807, 2.05) is 13.2 Å². The van der Waals surface area contributed by atoms with Crippen molar-refractivity contribution in [2.75, 3.05) is 25.0 Å². The highest BCUT2D eigenvalue weighted by Crippen LogP contribution is 2.27. The lowest BCUT2D eigenvalue weighted by atomic mass is 9.91. The molecule has 0 saturated carbocycles. The molecule has 1 saturated heterocycles. The minimum absolute atomic E-state index is 0.770. The maximum Gasteiger partial charge on any atom is 0.131 e. The maximum absolute atomic E-state index is 4.68. The van der Waals surface area contributed by atoms with Crippen LogP contribution in [0.25, 0.3) is 0 Å². The van der Waals surface area contributed by atoms with E-state index in [4.69, 9.17) is 0 Å². The van der Waals surface area contributed by atoms with Crippen LogP contribution in [0.2, 0.25) is 0 Å². The zero-order valence-corrected chi connectivity index (χ0v) is 12.0. The number of pyridine rings is 1. The summed E-state index contributed by atoms with van der Waals surface area (Å²) in [5.41, 5.74) is 2.56. The number of rotatable bonds is 3. The number of aryl methyl sites for hydroxylation is 1. The smallest absolute Gasteiger partial charge is 0.131 e. The molecule has 3 heteroatoms. The summed E-state index contributed by atoms with van der Waals surface area (Å²) in [6.07, 6.45) is 3.34. The summed E-state index contributed by atoms with van der Waals surface area (Å²) in [6.45, 7) is 10.0. The van der Waals surface area contributed by atoms with Crippen molar-refractivity contribution in [1.82, 2.24) is 10.3 Å². The minimum atomic E-state index is 0.770. The van der Waals surface area contributed by atoms with Gasteiger partial charge in [-0.2, -0.15) is 0 Å². The van der Waals surface area contributed by atoms with Crippen molar-refractivity contribution in [2.45, 2.75) is 33.7 Å². The number of nitrogens with one attached hydrogen (secondary N) is 1. The molecular weight excluding hydrogens is 222 g/mol. The lowest BCUT2D eigenvalue weighted by Crippen LogP contribution is -2.39. The molecule has 1 fully saturated rings.